The van der Waals surface area contributed by atoms with Crippen molar-refractivity contribution in [2.24, 2.45) is 5.41 Å². The second-order valence-electron chi connectivity index (χ2n) is 9.69. The molecule has 0 fully saturated rings. The molecule has 4 rings (SSSR count). The van der Waals surface area contributed by atoms with E-state index in [-0.39, 0.29) is 29.4 Å². The summed E-state index contributed by atoms with van der Waals surface area (Å²) >= 11 is 0. The topological polar surface area (TPSA) is 46.6 Å². The van der Waals surface area contributed by atoms with Crippen LogP contribution >= 0.6 is 0 Å². The molecular weight excluding hydrogens is 398 g/mol. The van der Waals surface area contributed by atoms with Gasteiger partial charge >= 0.3 is 0 Å². The molecule has 2 aromatic rings. The van der Waals surface area contributed by atoms with Crippen molar-refractivity contribution in [2.75, 3.05) is 11.5 Å². The molecule has 0 saturated carbocycles. The Balaban J connectivity index is 1.96. The van der Waals surface area contributed by atoms with Crippen LogP contribution in [-0.2, 0) is 16.0 Å². The molecule has 0 N–H and O–H groups in total. The molecule has 0 aromatic heterocycles. The number of ketones is 1. The van der Waals surface area contributed by atoms with Crippen molar-refractivity contribution < 1.29 is 14.3 Å². The van der Waals surface area contributed by atoms with E-state index in [4.69, 9.17) is 4.74 Å². The number of carbonyl (C=O) groups excluding carboxylic acids is 2. The predicted octanol–water partition coefficient (Wildman–Crippen LogP) is 6.12. The lowest BCUT2D eigenvalue weighted by Gasteiger charge is -2.44. The third-order valence-corrected chi connectivity index (χ3v) is 6.66. The Labute approximate surface area is 191 Å². The highest BCUT2D eigenvalue weighted by atomic mass is 16.5. The zero-order valence-electron chi connectivity index (χ0n) is 19.8. The number of aryl methyl sites for hydroxylation is 2. The lowest BCUT2D eigenvalue weighted by Crippen LogP contribution is -2.44. The van der Waals surface area contributed by atoms with Gasteiger partial charge < -0.3 is 4.74 Å². The number of amides is 1. The van der Waals surface area contributed by atoms with Crippen LogP contribution in [0.2, 0.25) is 0 Å². The van der Waals surface area contributed by atoms with E-state index in [1.807, 2.05) is 55.1 Å². The van der Waals surface area contributed by atoms with Gasteiger partial charge in [0.2, 0.25) is 5.91 Å². The number of hydrogen-bond acceptors (Lipinski definition) is 3. The van der Waals surface area contributed by atoms with Crippen LogP contribution in [0.3, 0.4) is 0 Å². The molecule has 168 valence electrons. The number of anilines is 1. The second kappa shape index (κ2) is 8.57. The van der Waals surface area contributed by atoms with E-state index >= 15 is 0 Å². The van der Waals surface area contributed by atoms with Crippen LogP contribution < -0.4 is 9.64 Å². The molecule has 1 amide bonds. The molecule has 4 heteroatoms. The van der Waals surface area contributed by atoms with Crippen LogP contribution in [0.4, 0.5) is 5.69 Å². The molecule has 0 radical (unpaired) electrons. The summed E-state index contributed by atoms with van der Waals surface area (Å²) in [5.41, 5.74) is 5.56. The highest BCUT2D eigenvalue weighted by molar-refractivity contribution is 6.08. The third-order valence-electron chi connectivity index (χ3n) is 6.66. The highest BCUT2D eigenvalue weighted by Crippen LogP contribution is 2.50. The fraction of sp³-hybridized carbons (Fsp3) is 0.429. The van der Waals surface area contributed by atoms with Gasteiger partial charge in [-0.2, -0.15) is 0 Å². The van der Waals surface area contributed by atoms with Gasteiger partial charge in [-0.3, -0.25) is 14.5 Å². The first kappa shape index (κ1) is 22.3. The molecule has 1 aliphatic carbocycles. The normalized spacial score (nSPS) is 20.4. The maximum Gasteiger partial charge on any atom is 0.232 e. The minimum atomic E-state index is -0.269. The summed E-state index contributed by atoms with van der Waals surface area (Å²) < 4.78 is 5.89. The standard InChI is InChI=1S/C28H33NO3/c1-6-19-12-10-11-18(3)27(19)29-22-16-28(4,5)17-23(30)26(22)21(15-25(29)31)20-13-8-9-14-24(20)32-7-2/h8-14,21H,6-7,15-17H2,1-5H3. The molecule has 0 bridgehead atoms. The third kappa shape index (κ3) is 3.87. The first-order chi connectivity index (χ1) is 15.3. The Kier molecular flexibility index (Phi) is 5.98. The molecule has 1 heterocycles. The first-order valence-corrected chi connectivity index (χ1v) is 11.7. The Morgan fingerprint density at radius 3 is 2.50 bits per heavy atom. The molecule has 4 nitrogen and oxygen atoms in total. The zero-order chi connectivity index (χ0) is 23.0. The maximum absolute atomic E-state index is 13.8. The average molecular weight is 432 g/mol. The predicted molar refractivity (Wildman–Crippen MR) is 128 cm³/mol. The Morgan fingerprint density at radius 2 is 1.78 bits per heavy atom. The number of rotatable bonds is 5. The largest absolute Gasteiger partial charge is 0.494 e. The van der Waals surface area contributed by atoms with E-state index in [0.29, 0.717) is 19.4 Å². The van der Waals surface area contributed by atoms with E-state index < -0.39 is 0 Å². The number of carbonyl (C=O) groups is 2. The van der Waals surface area contributed by atoms with Gasteiger partial charge in [-0.1, -0.05) is 57.2 Å². The summed E-state index contributed by atoms with van der Waals surface area (Å²) in [6, 6.07) is 14.0. The number of nitrogens with zero attached hydrogens (tertiary/aromatic N) is 1. The van der Waals surface area contributed by atoms with Crippen molar-refractivity contribution >= 4 is 17.4 Å². The van der Waals surface area contributed by atoms with Gasteiger partial charge in [0.25, 0.3) is 0 Å². The molecule has 2 aliphatic rings. The van der Waals surface area contributed by atoms with E-state index in [1.165, 1.54) is 0 Å². The van der Waals surface area contributed by atoms with Crippen LogP contribution in [-0.4, -0.2) is 18.3 Å². The summed E-state index contributed by atoms with van der Waals surface area (Å²) in [4.78, 5) is 29.2. The first-order valence-electron chi connectivity index (χ1n) is 11.7. The van der Waals surface area contributed by atoms with E-state index in [9.17, 15) is 9.59 Å². The molecular formula is C28H33NO3. The second-order valence-corrected chi connectivity index (χ2v) is 9.69. The summed E-state index contributed by atoms with van der Waals surface area (Å²) in [5, 5.41) is 0. The monoisotopic (exact) mass is 431 g/mol. The van der Waals surface area contributed by atoms with Gasteiger partial charge in [-0.15, -0.1) is 0 Å². The highest BCUT2D eigenvalue weighted by Gasteiger charge is 2.45. The van der Waals surface area contributed by atoms with Crippen LogP contribution in [0.1, 0.15) is 69.6 Å². The van der Waals surface area contributed by atoms with Crippen molar-refractivity contribution in [3.8, 4) is 5.75 Å². The number of benzene rings is 2. The summed E-state index contributed by atoms with van der Waals surface area (Å²) in [7, 11) is 0. The van der Waals surface area contributed by atoms with Gasteiger partial charge in [0.15, 0.2) is 5.78 Å². The Hall–Kier alpha value is -2.88. The van der Waals surface area contributed by atoms with Crippen LogP contribution in [0, 0.1) is 12.3 Å². The van der Waals surface area contributed by atoms with E-state index in [2.05, 4.69) is 26.8 Å². The van der Waals surface area contributed by atoms with Gasteiger partial charge in [0.1, 0.15) is 5.75 Å². The fourth-order valence-corrected chi connectivity index (χ4v) is 5.32. The number of Topliss-reactive ketones (excluding diaryl/α,β-unsaturated/α-hetero) is 1. The Bertz CT molecular complexity index is 1100. The quantitative estimate of drug-likeness (QED) is 0.573. The molecule has 0 spiro atoms. The molecule has 32 heavy (non-hydrogen) atoms. The number of hydrogen-bond donors (Lipinski definition) is 0. The molecule has 1 unspecified atom stereocenters. The van der Waals surface area contributed by atoms with Gasteiger partial charge in [-0.25, -0.2) is 0 Å². The molecule has 2 aromatic carbocycles. The van der Waals surface area contributed by atoms with Crippen molar-refractivity contribution in [2.45, 2.75) is 66.2 Å². The van der Waals surface area contributed by atoms with Gasteiger partial charge in [0.05, 0.1) is 12.3 Å². The van der Waals surface area contributed by atoms with Crippen LogP contribution in [0.25, 0.3) is 0 Å². The molecule has 1 aliphatic heterocycles. The van der Waals surface area contributed by atoms with Crippen molar-refractivity contribution in [3.05, 3.63) is 70.4 Å². The lowest BCUT2D eigenvalue weighted by molar-refractivity contribution is -0.121. The lowest BCUT2D eigenvalue weighted by atomic mass is 9.69. The minimum absolute atomic E-state index is 0.0505. The fourth-order valence-electron chi connectivity index (χ4n) is 5.32. The number of allylic oxidation sites excluding steroid dienone is 2. The zero-order valence-corrected chi connectivity index (χ0v) is 19.8. The number of ether oxygens (including phenoxy) is 1. The smallest absolute Gasteiger partial charge is 0.232 e. The SMILES string of the molecule is CCOc1ccccc1C1CC(=O)N(c2c(C)cccc2CC)C2=C1C(=O)CC(C)(C)C2. The average Bonchev–Trinajstić information content (AvgIpc) is 2.73. The summed E-state index contributed by atoms with van der Waals surface area (Å²) in [5.74, 6) is 0.691. The van der Waals surface area contributed by atoms with Gasteiger partial charge in [0, 0.05) is 35.6 Å². The number of para-hydroxylation sites is 2. The Morgan fingerprint density at radius 1 is 1.03 bits per heavy atom. The van der Waals surface area contributed by atoms with Crippen LogP contribution in [0.5, 0.6) is 5.75 Å². The van der Waals surface area contributed by atoms with Crippen molar-refractivity contribution in [3.63, 3.8) is 0 Å². The summed E-state index contributed by atoms with van der Waals surface area (Å²) in [6.07, 6.45) is 2.30. The van der Waals surface area contributed by atoms with Crippen molar-refractivity contribution in [1.29, 1.82) is 0 Å². The maximum atomic E-state index is 13.8. The minimum Gasteiger partial charge on any atom is -0.494 e. The summed E-state index contributed by atoms with van der Waals surface area (Å²) in [6.45, 7) is 10.9. The van der Waals surface area contributed by atoms with Crippen molar-refractivity contribution in [1.82, 2.24) is 0 Å². The molecule has 0 saturated heterocycles. The van der Waals surface area contributed by atoms with Gasteiger partial charge in [-0.05, 0) is 49.3 Å². The molecule has 1 atom stereocenters. The van der Waals surface area contributed by atoms with E-state index in [0.717, 1.165) is 45.8 Å². The van der Waals surface area contributed by atoms with E-state index in [1.54, 1.807) is 0 Å². The van der Waals surface area contributed by atoms with Crippen LogP contribution in [0.15, 0.2) is 53.7 Å².